The number of rotatable bonds is 6. The Balaban J connectivity index is 0.00000261. The van der Waals surface area contributed by atoms with Crippen molar-refractivity contribution < 1.29 is 9.18 Å². The third kappa shape index (κ3) is 5.68. The lowest BCUT2D eigenvalue weighted by Gasteiger charge is -2.29. The molecule has 0 saturated carbocycles. The first-order valence-corrected chi connectivity index (χ1v) is 9.39. The minimum atomic E-state index is -0.286. The summed E-state index contributed by atoms with van der Waals surface area (Å²) in [6.07, 6.45) is 2.55. The van der Waals surface area contributed by atoms with E-state index in [0.29, 0.717) is 17.4 Å². The van der Waals surface area contributed by atoms with Crippen molar-refractivity contribution in [2.45, 2.75) is 25.3 Å². The standard InChI is InChI=1S/C21H24ClFN2O.ClH/c1-25(20(26)11-2-15-12-13-24-14-15)21(16-3-7-18(22)8-4-16)17-5-9-19(23)10-6-17;/h3-10,15,21,24H,2,11-14H2,1H3;1H. The van der Waals surface area contributed by atoms with Crippen molar-refractivity contribution in [3.8, 4) is 0 Å². The lowest BCUT2D eigenvalue weighted by atomic mass is 9.96. The molecule has 6 heteroatoms. The number of hydrogen-bond acceptors (Lipinski definition) is 2. The Labute approximate surface area is 171 Å². The molecule has 3 nitrogen and oxygen atoms in total. The Morgan fingerprint density at radius 1 is 1.19 bits per heavy atom. The summed E-state index contributed by atoms with van der Waals surface area (Å²) in [5.74, 6) is 0.389. The van der Waals surface area contributed by atoms with Crippen molar-refractivity contribution in [3.63, 3.8) is 0 Å². The SMILES string of the molecule is CN(C(=O)CCC1CCNC1)C(c1ccc(F)cc1)c1ccc(Cl)cc1.Cl. The van der Waals surface area contributed by atoms with E-state index in [9.17, 15) is 9.18 Å². The van der Waals surface area contributed by atoms with Gasteiger partial charge in [0.25, 0.3) is 0 Å². The van der Waals surface area contributed by atoms with Gasteiger partial charge in [-0.3, -0.25) is 4.79 Å². The molecule has 1 fully saturated rings. The summed E-state index contributed by atoms with van der Waals surface area (Å²) in [6, 6.07) is 13.5. The molecule has 1 aliphatic rings. The summed E-state index contributed by atoms with van der Waals surface area (Å²) in [5, 5.41) is 3.98. The third-order valence-electron chi connectivity index (χ3n) is 5.08. The molecule has 0 radical (unpaired) electrons. The zero-order valence-corrected chi connectivity index (χ0v) is 16.9. The monoisotopic (exact) mass is 410 g/mol. The number of hydrogen-bond donors (Lipinski definition) is 1. The molecule has 2 unspecified atom stereocenters. The predicted octanol–water partition coefficient (Wildman–Crippen LogP) is 4.84. The van der Waals surface area contributed by atoms with Crippen LogP contribution in [0.5, 0.6) is 0 Å². The van der Waals surface area contributed by atoms with Gasteiger partial charge in [-0.25, -0.2) is 4.39 Å². The highest BCUT2D eigenvalue weighted by Gasteiger charge is 2.25. The van der Waals surface area contributed by atoms with Gasteiger partial charge in [-0.15, -0.1) is 12.4 Å². The first-order valence-electron chi connectivity index (χ1n) is 9.02. The van der Waals surface area contributed by atoms with Crippen molar-refractivity contribution in [3.05, 3.63) is 70.5 Å². The van der Waals surface area contributed by atoms with Gasteiger partial charge in [0.2, 0.25) is 5.91 Å². The van der Waals surface area contributed by atoms with Crippen LogP contribution in [0.1, 0.15) is 36.4 Å². The molecule has 3 rings (SSSR count). The molecule has 1 amide bonds. The van der Waals surface area contributed by atoms with Crippen LogP contribution < -0.4 is 5.32 Å². The van der Waals surface area contributed by atoms with Gasteiger partial charge in [0.1, 0.15) is 5.82 Å². The minimum absolute atomic E-state index is 0. The smallest absolute Gasteiger partial charge is 0.223 e. The van der Waals surface area contributed by atoms with Crippen LogP contribution >= 0.6 is 24.0 Å². The van der Waals surface area contributed by atoms with Crippen LogP contribution in [0.25, 0.3) is 0 Å². The number of nitrogens with zero attached hydrogens (tertiary/aromatic N) is 1. The zero-order chi connectivity index (χ0) is 18.5. The Morgan fingerprint density at radius 3 is 2.33 bits per heavy atom. The van der Waals surface area contributed by atoms with Gasteiger partial charge in [0, 0.05) is 18.5 Å². The van der Waals surface area contributed by atoms with E-state index in [4.69, 9.17) is 11.6 Å². The molecule has 0 aromatic heterocycles. The van der Waals surface area contributed by atoms with Gasteiger partial charge in [-0.2, -0.15) is 0 Å². The maximum absolute atomic E-state index is 13.4. The van der Waals surface area contributed by atoms with E-state index in [0.717, 1.165) is 37.1 Å². The van der Waals surface area contributed by atoms with Crippen molar-refractivity contribution >= 4 is 29.9 Å². The van der Waals surface area contributed by atoms with E-state index in [2.05, 4.69) is 5.32 Å². The highest BCUT2D eigenvalue weighted by atomic mass is 35.5. The minimum Gasteiger partial charge on any atom is -0.335 e. The highest BCUT2D eigenvalue weighted by molar-refractivity contribution is 6.30. The van der Waals surface area contributed by atoms with E-state index in [1.807, 2.05) is 31.3 Å². The number of carbonyl (C=O) groups is 1. The first-order chi connectivity index (χ1) is 12.5. The Kier molecular flexibility index (Phi) is 8.08. The van der Waals surface area contributed by atoms with Crippen LogP contribution in [0.15, 0.2) is 48.5 Å². The van der Waals surface area contributed by atoms with Gasteiger partial charge in [-0.1, -0.05) is 35.9 Å². The molecule has 2 aromatic rings. The lowest BCUT2D eigenvalue weighted by Crippen LogP contribution is -2.32. The second kappa shape index (κ2) is 10.1. The Bertz CT molecular complexity index is 685. The van der Waals surface area contributed by atoms with E-state index in [1.54, 1.807) is 17.0 Å². The third-order valence-corrected chi connectivity index (χ3v) is 5.33. The molecule has 1 N–H and O–H groups in total. The Morgan fingerprint density at radius 2 is 1.78 bits per heavy atom. The summed E-state index contributed by atoms with van der Waals surface area (Å²) < 4.78 is 13.4. The number of benzene rings is 2. The van der Waals surface area contributed by atoms with Crippen molar-refractivity contribution in [1.29, 1.82) is 0 Å². The molecular formula is C21H25Cl2FN2O. The van der Waals surface area contributed by atoms with Crippen molar-refractivity contribution in [2.75, 3.05) is 20.1 Å². The fraction of sp³-hybridized carbons (Fsp3) is 0.381. The van der Waals surface area contributed by atoms with Crippen LogP contribution in [0, 0.1) is 11.7 Å². The van der Waals surface area contributed by atoms with Gasteiger partial charge in [0.15, 0.2) is 0 Å². The van der Waals surface area contributed by atoms with Crippen molar-refractivity contribution in [2.24, 2.45) is 5.92 Å². The normalized spacial score (nSPS) is 17.2. The number of halogens is 3. The quantitative estimate of drug-likeness (QED) is 0.738. The van der Waals surface area contributed by atoms with Crippen LogP contribution in [0.4, 0.5) is 4.39 Å². The van der Waals surface area contributed by atoms with Gasteiger partial charge in [0.05, 0.1) is 6.04 Å². The number of nitrogens with one attached hydrogen (secondary N) is 1. The molecule has 1 saturated heterocycles. The maximum atomic E-state index is 13.4. The summed E-state index contributed by atoms with van der Waals surface area (Å²) in [4.78, 5) is 14.6. The van der Waals surface area contributed by atoms with Crippen LogP contribution in [0.3, 0.4) is 0 Å². The molecule has 146 valence electrons. The summed E-state index contributed by atoms with van der Waals surface area (Å²) in [5.41, 5.74) is 1.84. The van der Waals surface area contributed by atoms with Crippen molar-refractivity contribution in [1.82, 2.24) is 10.2 Å². The van der Waals surface area contributed by atoms with E-state index in [-0.39, 0.29) is 30.2 Å². The fourth-order valence-corrected chi connectivity index (χ4v) is 3.66. The molecule has 1 heterocycles. The van der Waals surface area contributed by atoms with Crippen LogP contribution in [-0.4, -0.2) is 30.9 Å². The van der Waals surface area contributed by atoms with E-state index >= 15 is 0 Å². The number of amides is 1. The average Bonchev–Trinajstić information content (AvgIpc) is 3.16. The zero-order valence-electron chi connectivity index (χ0n) is 15.3. The van der Waals surface area contributed by atoms with Crippen LogP contribution in [0.2, 0.25) is 5.02 Å². The fourth-order valence-electron chi connectivity index (χ4n) is 3.54. The van der Waals surface area contributed by atoms with E-state index < -0.39 is 0 Å². The van der Waals surface area contributed by atoms with E-state index in [1.165, 1.54) is 12.1 Å². The molecule has 1 aliphatic heterocycles. The Hall–Kier alpha value is -1.62. The molecule has 2 atom stereocenters. The molecule has 0 spiro atoms. The average molecular weight is 411 g/mol. The molecule has 2 aromatic carbocycles. The summed E-state index contributed by atoms with van der Waals surface area (Å²) >= 11 is 6.01. The maximum Gasteiger partial charge on any atom is 0.223 e. The predicted molar refractivity (Wildman–Crippen MR) is 110 cm³/mol. The summed E-state index contributed by atoms with van der Waals surface area (Å²) in [7, 11) is 1.82. The highest BCUT2D eigenvalue weighted by Crippen LogP contribution is 2.30. The van der Waals surface area contributed by atoms with Crippen LogP contribution in [-0.2, 0) is 4.79 Å². The second-order valence-electron chi connectivity index (χ2n) is 6.91. The number of carbonyl (C=O) groups excluding carboxylic acids is 1. The van der Waals surface area contributed by atoms with Gasteiger partial charge in [-0.05, 0) is 67.2 Å². The second-order valence-corrected chi connectivity index (χ2v) is 7.34. The van der Waals surface area contributed by atoms with Gasteiger partial charge < -0.3 is 10.2 Å². The molecule has 0 bridgehead atoms. The first kappa shape index (κ1) is 21.7. The van der Waals surface area contributed by atoms with Gasteiger partial charge >= 0.3 is 0 Å². The summed E-state index contributed by atoms with van der Waals surface area (Å²) in [6.45, 7) is 2.03. The largest absolute Gasteiger partial charge is 0.335 e. The molecule has 0 aliphatic carbocycles. The molecular weight excluding hydrogens is 386 g/mol. The molecule has 27 heavy (non-hydrogen) atoms. The lowest BCUT2D eigenvalue weighted by molar-refractivity contribution is -0.131. The topological polar surface area (TPSA) is 32.3 Å².